The molecule has 114 valence electrons. The minimum absolute atomic E-state index is 0.0178. The van der Waals surface area contributed by atoms with E-state index in [-0.39, 0.29) is 23.5 Å². The van der Waals surface area contributed by atoms with Crippen molar-refractivity contribution in [2.45, 2.75) is 13.5 Å². The molecule has 0 aromatic carbocycles. The van der Waals surface area contributed by atoms with Gasteiger partial charge >= 0.3 is 5.69 Å². The number of nitrogens with zero attached hydrogens (tertiary/aromatic N) is 4. The molecule has 0 bridgehead atoms. The molecule has 3 heterocycles. The Hall–Kier alpha value is -2.48. The molecule has 0 saturated carbocycles. The number of thiophene rings is 1. The van der Waals surface area contributed by atoms with Crippen LogP contribution in [0.4, 0.5) is 0 Å². The predicted octanol–water partition coefficient (Wildman–Crippen LogP) is 0.687. The van der Waals surface area contributed by atoms with Crippen molar-refractivity contribution in [1.82, 2.24) is 18.7 Å². The van der Waals surface area contributed by atoms with E-state index in [2.05, 4.69) is 4.98 Å². The minimum Gasteiger partial charge on any atom is -0.317 e. The highest BCUT2D eigenvalue weighted by Gasteiger charge is 2.17. The van der Waals surface area contributed by atoms with E-state index in [0.717, 1.165) is 9.44 Å². The van der Waals surface area contributed by atoms with E-state index >= 15 is 0 Å². The fraction of sp³-hybridized carbons (Fsp3) is 0.286. The van der Waals surface area contributed by atoms with E-state index in [1.807, 2.05) is 13.0 Å². The first kappa shape index (κ1) is 14.5. The van der Waals surface area contributed by atoms with Gasteiger partial charge in [-0.15, -0.1) is 11.3 Å². The first-order chi connectivity index (χ1) is 10.4. The van der Waals surface area contributed by atoms with Crippen molar-refractivity contribution in [2.75, 3.05) is 0 Å². The predicted molar refractivity (Wildman–Crippen MR) is 83.6 cm³/mol. The molecule has 0 fully saturated rings. The molecule has 0 aliphatic heterocycles. The Bertz CT molecular complexity index is 1010. The second kappa shape index (κ2) is 5.06. The summed E-state index contributed by atoms with van der Waals surface area (Å²) in [6, 6.07) is 3.65. The van der Waals surface area contributed by atoms with E-state index in [1.54, 1.807) is 13.1 Å². The highest BCUT2D eigenvalue weighted by Crippen LogP contribution is 2.17. The number of aromatic nitrogens is 4. The summed E-state index contributed by atoms with van der Waals surface area (Å²) >= 11 is 1.41. The quantitative estimate of drug-likeness (QED) is 0.666. The van der Waals surface area contributed by atoms with Gasteiger partial charge in [0.05, 0.1) is 17.7 Å². The van der Waals surface area contributed by atoms with Crippen LogP contribution in [0.15, 0.2) is 28.0 Å². The summed E-state index contributed by atoms with van der Waals surface area (Å²) in [5.41, 5.74) is -0.358. The molecule has 3 rings (SSSR count). The number of hydrogen-bond acceptors (Lipinski definition) is 5. The molecule has 7 nitrogen and oxygen atoms in total. The van der Waals surface area contributed by atoms with Crippen LogP contribution in [0, 0.1) is 6.92 Å². The molecule has 0 unspecified atom stereocenters. The van der Waals surface area contributed by atoms with E-state index in [4.69, 9.17) is 0 Å². The summed E-state index contributed by atoms with van der Waals surface area (Å²) in [6.07, 6.45) is 1.42. The lowest BCUT2D eigenvalue weighted by Gasteiger charge is -2.05. The molecule has 0 N–H and O–H groups in total. The molecule has 0 atom stereocenters. The Kier molecular flexibility index (Phi) is 3.32. The van der Waals surface area contributed by atoms with Crippen LogP contribution < -0.4 is 11.2 Å². The van der Waals surface area contributed by atoms with Gasteiger partial charge in [0.25, 0.3) is 5.56 Å². The standard InChI is InChI=1S/C14H14N4O3S/c1-8-4-5-10(22-8)9(19)6-18-7-15-12-11(18)13(20)17(3)14(21)16(12)2/h4-5,7H,6H2,1-3H3. The second-order valence-electron chi connectivity index (χ2n) is 5.08. The van der Waals surface area contributed by atoms with Crippen LogP contribution in [0.5, 0.6) is 0 Å². The van der Waals surface area contributed by atoms with Crippen LogP contribution in [-0.2, 0) is 20.6 Å². The van der Waals surface area contributed by atoms with Gasteiger partial charge in [-0.2, -0.15) is 0 Å². The lowest BCUT2D eigenvalue weighted by atomic mass is 10.3. The number of Topliss-reactive ketones (excluding diaryl/α,β-unsaturated/α-hetero) is 1. The molecule has 0 amide bonds. The first-order valence-corrected chi connectivity index (χ1v) is 7.42. The lowest BCUT2D eigenvalue weighted by molar-refractivity contribution is 0.0977. The smallest absolute Gasteiger partial charge is 0.317 e. The number of carbonyl (C=O) groups excluding carboxylic acids is 1. The molecule has 0 saturated heterocycles. The molecule has 0 radical (unpaired) electrons. The average Bonchev–Trinajstić information content (AvgIpc) is 3.09. The van der Waals surface area contributed by atoms with Gasteiger partial charge in [0.15, 0.2) is 16.9 Å². The molecule has 0 spiro atoms. The Morgan fingerprint density at radius 3 is 2.59 bits per heavy atom. The van der Waals surface area contributed by atoms with Crippen molar-refractivity contribution >= 4 is 28.3 Å². The summed E-state index contributed by atoms with van der Waals surface area (Å²) in [5.74, 6) is -0.0895. The van der Waals surface area contributed by atoms with Crippen LogP contribution in [0.2, 0.25) is 0 Å². The van der Waals surface area contributed by atoms with Crippen LogP contribution in [0.3, 0.4) is 0 Å². The minimum atomic E-state index is -0.453. The van der Waals surface area contributed by atoms with Crippen molar-refractivity contribution in [1.29, 1.82) is 0 Å². The number of rotatable bonds is 3. The van der Waals surface area contributed by atoms with Crippen molar-refractivity contribution in [3.8, 4) is 0 Å². The Labute approximate surface area is 129 Å². The topological polar surface area (TPSA) is 78.9 Å². The largest absolute Gasteiger partial charge is 0.332 e. The fourth-order valence-corrected chi connectivity index (χ4v) is 3.13. The van der Waals surface area contributed by atoms with Crippen molar-refractivity contribution < 1.29 is 4.79 Å². The van der Waals surface area contributed by atoms with Crippen LogP contribution >= 0.6 is 11.3 Å². The summed E-state index contributed by atoms with van der Waals surface area (Å²) in [7, 11) is 2.96. The van der Waals surface area contributed by atoms with Crippen LogP contribution in [0.25, 0.3) is 11.2 Å². The van der Waals surface area contributed by atoms with Crippen molar-refractivity contribution in [3.63, 3.8) is 0 Å². The van der Waals surface area contributed by atoms with E-state index in [0.29, 0.717) is 4.88 Å². The van der Waals surface area contributed by atoms with Crippen molar-refractivity contribution in [2.24, 2.45) is 14.1 Å². The number of ketones is 1. The SMILES string of the molecule is Cc1ccc(C(=O)Cn2cnc3c2c(=O)n(C)c(=O)n3C)s1. The molecule has 0 aliphatic carbocycles. The van der Waals surface area contributed by atoms with E-state index in [9.17, 15) is 14.4 Å². The zero-order valence-electron chi connectivity index (χ0n) is 12.4. The molecule has 8 heteroatoms. The molecular formula is C14H14N4O3S. The van der Waals surface area contributed by atoms with Gasteiger partial charge in [0, 0.05) is 19.0 Å². The molecule has 3 aromatic heterocycles. The third-order valence-corrected chi connectivity index (χ3v) is 4.59. The zero-order chi connectivity index (χ0) is 16.0. The molecular weight excluding hydrogens is 304 g/mol. The number of carbonyl (C=O) groups is 1. The highest BCUT2D eigenvalue weighted by atomic mass is 32.1. The molecule has 3 aromatic rings. The number of imidazole rings is 1. The van der Waals surface area contributed by atoms with Crippen molar-refractivity contribution in [3.05, 3.63) is 49.1 Å². The Morgan fingerprint density at radius 1 is 1.23 bits per heavy atom. The molecule has 22 heavy (non-hydrogen) atoms. The van der Waals surface area contributed by atoms with Gasteiger partial charge in [-0.25, -0.2) is 9.78 Å². The van der Waals surface area contributed by atoms with E-state index < -0.39 is 11.2 Å². The van der Waals surface area contributed by atoms with Crippen LogP contribution in [0.1, 0.15) is 14.5 Å². The number of fused-ring (bicyclic) bond motifs is 1. The maximum Gasteiger partial charge on any atom is 0.332 e. The normalized spacial score (nSPS) is 11.2. The number of hydrogen-bond donors (Lipinski definition) is 0. The highest BCUT2D eigenvalue weighted by molar-refractivity contribution is 7.14. The van der Waals surface area contributed by atoms with E-state index in [1.165, 1.54) is 33.8 Å². The third-order valence-electron chi connectivity index (χ3n) is 3.55. The Balaban J connectivity index is 2.11. The van der Waals surface area contributed by atoms with Gasteiger partial charge in [-0.05, 0) is 19.1 Å². The lowest BCUT2D eigenvalue weighted by Crippen LogP contribution is -2.37. The Morgan fingerprint density at radius 2 is 1.95 bits per heavy atom. The summed E-state index contributed by atoms with van der Waals surface area (Å²) < 4.78 is 3.81. The average molecular weight is 318 g/mol. The summed E-state index contributed by atoms with van der Waals surface area (Å²) in [4.78, 5) is 42.2. The van der Waals surface area contributed by atoms with Gasteiger partial charge in [-0.3, -0.25) is 18.7 Å². The number of aryl methyl sites for hydroxylation is 2. The van der Waals surface area contributed by atoms with Gasteiger partial charge in [0.1, 0.15) is 0 Å². The van der Waals surface area contributed by atoms with Gasteiger partial charge in [0.2, 0.25) is 0 Å². The zero-order valence-corrected chi connectivity index (χ0v) is 13.2. The van der Waals surface area contributed by atoms with Gasteiger partial charge < -0.3 is 4.57 Å². The summed E-state index contributed by atoms with van der Waals surface area (Å²) in [5, 5.41) is 0. The summed E-state index contributed by atoms with van der Waals surface area (Å²) in [6.45, 7) is 1.95. The monoisotopic (exact) mass is 318 g/mol. The van der Waals surface area contributed by atoms with Crippen LogP contribution in [-0.4, -0.2) is 24.5 Å². The molecule has 0 aliphatic rings. The first-order valence-electron chi connectivity index (χ1n) is 6.60. The maximum atomic E-state index is 12.3. The second-order valence-corrected chi connectivity index (χ2v) is 6.37. The van der Waals surface area contributed by atoms with Gasteiger partial charge in [-0.1, -0.05) is 0 Å². The maximum absolute atomic E-state index is 12.3. The third kappa shape index (κ3) is 2.12. The fourth-order valence-electron chi connectivity index (χ4n) is 2.33.